The lowest BCUT2D eigenvalue weighted by molar-refractivity contribution is -0.139. The zero-order valence-electron chi connectivity index (χ0n) is 11.2. The molecule has 0 bridgehead atoms. The van der Waals surface area contributed by atoms with Crippen molar-refractivity contribution in [2.45, 2.75) is 25.9 Å². The van der Waals surface area contributed by atoms with E-state index in [0.717, 1.165) is 32.5 Å². The second kappa shape index (κ2) is 7.69. The Morgan fingerprint density at radius 2 is 2.21 bits per heavy atom. The van der Waals surface area contributed by atoms with Gasteiger partial charge in [-0.25, -0.2) is 0 Å². The van der Waals surface area contributed by atoms with E-state index in [0.29, 0.717) is 12.5 Å². The Hall–Kier alpha value is -0.820. The van der Waals surface area contributed by atoms with Gasteiger partial charge in [-0.15, -0.1) is 0 Å². The SMILES string of the molecule is CCN(CC(=O)NCC(F)(F)F)CC1CCCNC1. The molecule has 1 aliphatic rings. The minimum Gasteiger partial charge on any atom is -0.346 e. The summed E-state index contributed by atoms with van der Waals surface area (Å²) < 4.78 is 35.9. The average molecular weight is 281 g/mol. The first-order valence-corrected chi connectivity index (χ1v) is 6.67. The first-order valence-electron chi connectivity index (χ1n) is 6.67. The van der Waals surface area contributed by atoms with Gasteiger partial charge in [-0.05, 0) is 38.4 Å². The maximum absolute atomic E-state index is 12.0. The molecular weight excluding hydrogens is 259 g/mol. The van der Waals surface area contributed by atoms with Gasteiger partial charge in [-0.1, -0.05) is 6.92 Å². The Morgan fingerprint density at radius 3 is 2.74 bits per heavy atom. The fraction of sp³-hybridized carbons (Fsp3) is 0.917. The summed E-state index contributed by atoms with van der Waals surface area (Å²) in [5.41, 5.74) is 0. The number of nitrogens with zero attached hydrogens (tertiary/aromatic N) is 1. The van der Waals surface area contributed by atoms with E-state index in [-0.39, 0.29) is 6.54 Å². The van der Waals surface area contributed by atoms with E-state index in [4.69, 9.17) is 0 Å². The topological polar surface area (TPSA) is 44.4 Å². The summed E-state index contributed by atoms with van der Waals surface area (Å²) in [6.07, 6.45) is -2.13. The van der Waals surface area contributed by atoms with Crippen molar-refractivity contribution in [3.63, 3.8) is 0 Å². The molecule has 4 nitrogen and oxygen atoms in total. The summed E-state index contributed by atoms with van der Waals surface area (Å²) in [7, 11) is 0. The molecule has 0 aromatic heterocycles. The summed E-state index contributed by atoms with van der Waals surface area (Å²) in [5.74, 6) is -0.0907. The lowest BCUT2D eigenvalue weighted by Crippen LogP contribution is -2.44. The number of likely N-dealkylation sites (N-methyl/N-ethyl adjacent to an activating group) is 1. The van der Waals surface area contributed by atoms with Crippen LogP contribution in [0.4, 0.5) is 13.2 Å². The van der Waals surface area contributed by atoms with Crippen LogP contribution >= 0.6 is 0 Å². The molecule has 2 N–H and O–H groups in total. The van der Waals surface area contributed by atoms with E-state index in [2.05, 4.69) is 5.32 Å². The second-order valence-electron chi connectivity index (χ2n) is 4.93. The highest BCUT2D eigenvalue weighted by molar-refractivity contribution is 5.78. The third-order valence-corrected chi connectivity index (χ3v) is 3.22. The van der Waals surface area contributed by atoms with Crippen molar-refractivity contribution in [2.24, 2.45) is 5.92 Å². The molecule has 0 radical (unpaired) electrons. The molecule has 1 fully saturated rings. The molecule has 1 amide bonds. The molecule has 0 aromatic carbocycles. The summed E-state index contributed by atoms with van der Waals surface area (Å²) >= 11 is 0. The van der Waals surface area contributed by atoms with Crippen LogP contribution in [0.1, 0.15) is 19.8 Å². The van der Waals surface area contributed by atoms with Crippen molar-refractivity contribution >= 4 is 5.91 Å². The third-order valence-electron chi connectivity index (χ3n) is 3.22. The number of piperidine rings is 1. The van der Waals surface area contributed by atoms with E-state index in [9.17, 15) is 18.0 Å². The molecule has 1 heterocycles. The molecule has 1 unspecified atom stereocenters. The molecule has 1 aliphatic heterocycles. The summed E-state index contributed by atoms with van der Waals surface area (Å²) in [6.45, 7) is 4.04. The van der Waals surface area contributed by atoms with Gasteiger partial charge in [0.15, 0.2) is 0 Å². The number of halogens is 3. The normalized spacial score (nSPS) is 20.6. The third kappa shape index (κ3) is 7.37. The van der Waals surface area contributed by atoms with Crippen LogP contribution in [-0.2, 0) is 4.79 Å². The molecule has 7 heteroatoms. The first-order chi connectivity index (χ1) is 8.90. The average Bonchev–Trinajstić information content (AvgIpc) is 2.36. The number of amides is 1. The van der Waals surface area contributed by atoms with Crippen molar-refractivity contribution in [1.29, 1.82) is 0 Å². The molecule has 112 valence electrons. The second-order valence-corrected chi connectivity index (χ2v) is 4.93. The minimum atomic E-state index is -4.35. The molecular formula is C12H22F3N3O. The number of rotatable bonds is 6. The molecule has 0 saturated carbocycles. The Morgan fingerprint density at radius 1 is 1.47 bits per heavy atom. The van der Waals surface area contributed by atoms with E-state index in [1.54, 1.807) is 0 Å². The zero-order valence-corrected chi connectivity index (χ0v) is 11.2. The van der Waals surface area contributed by atoms with Crippen LogP contribution in [0.5, 0.6) is 0 Å². The Balaban J connectivity index is 2.28. The van der Waals surface area contributed by atoms with Gasteiger partial charge in [0.1, 0.15) is 6.54 Å². The highest BCUT2D eigenvalue weighted by Gasteiger charge is 2.28. The van der Waals surface area contributed by atoms with Gasteiger partial charge in [-0.2, -0.15) is 13.2 Å². The van der Waals surface area contributed by atoms with Gasteiger partial charge < -0.3 is 10.6 Å². The molecule has 0 aromatic rings. The molecule has 1 saturated heterocycles. The Kier molecular flexibility index (Phi) is 6.57. The maximum atomic E-state index is 12.0. The van der Waals surface area contributed by atoms with Crippen LogP contribution in [0.15, 0.2) is 0 Å². The molecule has 1 atom stereocenters. The number of hydrogen-bond donors (Lipinski definition) is 2. The van der Waals surface area contributed by atoms with Gasteiger partial charge in [0.05, 0.1) is 6.54 Å². The monoisotopic (exact) mass is 281 g/mol. The van der Waals surface area contributed by atoms with E-state index in [1.165, 1.54) is 0 Å². The Bertz CT molecular complexity index is 278. The number of carbonyl (C=O) groups excluding carboxylic acids is 1. The van der Waals surface area contributed by atoms with Gasteiger partial charge in [0.25, 0.3) is 0 Å². The highest BCUT2D eigenvalue weighted by Crippen LogP contribution is 2.13. The number of hydrogen-bond acceptors (Lipinski definition) is 3. The maximum Gasteiger partial charge on any atom is 0.405 e. The van der Waals surface area contributed by atoms with Crippen molar-refractivity contribution < 1.29 is 18.0 Å². The predicted octanol–water partition coefficient (Wildman–Crippen LogP) is 0.986. The van der Waals surface area contributed by atoms with E-state index in [1.807, 2.05) is 17.1 Å². The van der Waals surface area contributed by atoms with Crippen LogP contribution in [0, 0.1) is 5.92 Å². The molecule has 1 rings (SSSR count). The fourth-order valence-electron chi connectivity index (χ4n) is 2.21. The van der Waals surface area contributed by atoms with Crippen molar-refractivity contribution in [3.8, 4) is 0 Å². The number of carbonyl (C=O) groups is 1. The highest BCUT2D eigenvalue weighted by atomic mass is 19.4. The fourth-order valence-corrected chi connectivity index (χ4v) is 2.21. The van der Waals surface area contributed by atoms with Gasteiger partial charge in [-0.3, -0.25) is 9.69 Å². The van der Waals surface area contributed by atoms with Crippen LogP contribution in [-0.4, -0.2) is 56.3 Å². The van der Waals surface area contributed by atoms with Crippen molar-refractivity contribution in [2.75, 3.05) is 39.3 Å². The minimum absolute atomic E-state index is 0.0308. The largest absolute Gasteiger partial charge is 0.405 e. The van der Waals surface area contributed by atoms with E-state index < -0.39 is 18.6 Å². The van der Waals surface area contributed by atoms with Crippen molar-refractivity contribution in [3.05, 3.63) is 0 Å². The van der Waals surface area contributed by atoms with Crippen molar-refractivity contribution in [1.82, 2.24) is 15.5 Å². The standard InChI is InChI=1S/C12H22F3N3O/c1-2-18(7-10-4-3-5-16-6-10)8-11(19)17-9-12(13,14)15/h10,16H,2-9H2,1H3,(H,17,19). The van der Waals surface area contributed by atoms with Crippen LogP contribution in [0.3, 0.4) is 0 Å². The zero-order chi connectivity index (χ0) is 14.3. The molecule has 0 spiro atoms. The Labute approximate surface area is 111 Å². The lowest BCUT2D eigenvalue weighted by atomic mass is 9.99. The van der Waals surface area contributed by atoms with E-state index >= 15 is 0 Å². The van der Waals surface area contributed by atoms with Crippen LogP contribution in [0.25, 0.3) is 0 Å². The summed E-state index contributed by atoms with van der Waals surface area (Å²) in [4.78, 5) is 13.3. The van der Waals surface area contributed by atoms with Gasteiger partial charge in [0, 0.05) is 6.54 Å². The van der Waals surface area contributed by atoms with Gasteiger partial charge in [0.2, 0.25) is 5.91 Å². The smallest absolute Gasteiger partial charge is 0.346 e. The lowest BCUT2D eigenvalue weighted by Gasteiger charge is -2.29. The van der Waals surface area contributed by atoms with Crippen LogP contribution in [0.2, 0.25) is 0 Å². The summed E-state index contributed by atoms with van der Waals surface area (Å²) in [5, 5.41) is 5.19. The summed E-state index contributed by atoms with van der Waals surface area (Å²) in [6, 6.07) is 0. The van der Waals surface area contributed by atoms with Gasteiger partial charge >= 0.3 is 6.18 Å². The number of alkyl halides is 3. The quantitative estimate of drug-likeness (QED) is 0.763. The molecule has 0 aliphatic carbocycles. The molecule has 19 heavy (non-hydrogen) atoms. The number of nitrogens with one attached hydrogen (secondary N) is 2. The van der Waals surface area contributed by atoms with Crippen LogP contribution < -0.4 is 10.6 Å². The predicted molar refractivity (Wildman–Crippen MR) is 66.8 cm³/mol. The first kappa shape index (κ1) is 16.2.